The maximum Gasteiger partial charge on any atom is 0.264 e. The molecule has 0 radical (unpaired) electrons. The van der Waals surface area contributed by atoms with Crippen LogP contribution in [0.5, 0.6) is 0 Å². The van der Waals surface area contributed by atoms with Crippen molar-refractivity contribution in [3.05, 3.63) is 65.7 Å². The molecule has 0 bridgehead atoms. The second-order valence-corrected chi connectivity index (χ2v) is 6.77. The Balaban J connectivity index is 1.74. The Morgan fingerprint density at radius 2 is 1.87 bits per heavy atom. The van der Waals surface area contributed by atoms with Crippen LogP contribution in [0.2, 0.25) is 5.02 Å². The molecular weight excluding hydrogens is 338 g/mol. The third-order valence-electron chi connectivity index (χ3n) is 2.94. The minimum atomic E-state index is -3.75. The van der Waals surface area contributed by atoms with E-state index >= 15 is 0 Å². The first-order chi connectivity index (χ1) is 11.0. The van der Waals surface area contributed by atoms with Gasteiger partial charge in [-0.3, -0.25) is 4.98 Å². The lowest BCUT2D eigenvalue weighted by atomic mass is 10.3. The number of pyridine rings is 1. The molecule has 0 atom stereocenters. The molecule has 0 aliphatic heterocycles. The van der Waals surface area contributed by atoms with Crippen molar-refractivity contribution in [2.75, 3.05) is 4.72 Å². The molecule has 118 valence electrons. The van der Waals surface area contributed by atoms with Crippen LogP contribution in [0.3, 0.4) is 0 Å². The topological polar surface area (TPSA) is 89.8 Å². The lowest BCUT2D eigenvalue weighted by molar-refractivity contribution is 0.600. The number of nitrogens with zero attached hydrogens (tertiary/aromatic N) is 4. The van der Waals surface area contributed by atoms with E-state index in [0.29, 0.717) is 11.6 Å². The van der Waals surface area contributed by atoms with Gasteiger partial charge in [-0.15, -0.1) is 5.10 Å². The zero-order valence-electron chi connectivity index (χ0n) is 11.8. The monoisotopic (exact) mass is 349 g/mol. The second-order valence-electron chi connectivity index (χ2n) is 4.65. The van der Waals surface area contributed by atoms with Gasteiger partial charge >= 0.3 is 0 Å². The largest absolute Gasteiger partial charge is 0.264 e. The molecule has 1 N–H and O–H groups in total. The SMILES string of the molecule is O=S(=O)(Nc1ncn(Cc2ccccn2)n1)c1ccc(Cl)cc1. The first-order valence-electron chi connectivity index (χ1n) is 6.61. The summed E-state index contributed by atoms with van der Waals surface area (Å²) in [6, 6.07) is 11.4. The molecule has 0 amide bonds. The smallest absolute Gasteiger partial charge is 0.259 e. The quantitative estimate of drug-likeness (QED) is 0.762. The summed E-state index contributed by atoms with van der Waals surface area (Å²) in [6.45, 7) is 0.399. The molecule has 23 heavy (non-hydrogen) atoms. The number of sulfonamides is 1. The van der Waals surface area contributed by atoms with Crippen LogP contribution >= 0.6 is 11.6 Å². The zero-order chi connectivity index (χ0) is 16.3. The van der Waals surface area contributed by atoms with Gasteiger partial charge in [0.15, 0.2) is 0 Å². The van der Waals surface area contributed by atoms with E-state index in [1.54, 1.807) is 6.20 Å². The average molecular weight is 350 g/mol. The molecular formula is C14H12ClN5O2S. The number of anilines is 1. The van der Waals surface area contributed by atoms with Crippen LogP contribution in [-0.2, 0) is 16.6 Å². The highest BCUT2D eigenvalue weighted by Crippen LogP contribution is 2.16. The van der Waals surface area contributed by atoms with Gasteiger partial charge in [-0.1, -0.05) is 17.7 Å². The van der Waals surface area contributed by atoms with Gasteiger partial charge in [0.1, 0.15) is 6.33 Å². The fourth-order valence-corrected chi connectivity index (χ4v) is 2.94. The summed E-state index contributed by atoms with van der Waals surface area (Å²) in [7, 11) is -3.75. The van der Waals surface area contributed by atoms with Gasteiger partial charge in [-0.05, 0) is 36.4 Å². The van der Waals surface area contributed by atoms with E-state index < -0.39 is 10.0 Å². The summed E-state index contributed by atoms with van der Waals surface area (Å²) in [6.07, 6.45) is 3.12. The van der Waals surface area contributed by atoms with Crippen LogP contribution in [0.25, 0.3) is 0 Å². The van der Waals surface area contributed by atoms with Crippen molar-refractivity contribution in [3.63, 3.8) is 0 Å². The van der Waals surface area contributed by atoms with Gasteiger partial charge in [0.2, 0.25) is 0 Å². The molecule has 0 saturated carbocycles. The van der Waals surface area contributed by atoms with Crippen molar-refractivity contribution in [1.29, 1.82) is 0 Å². The fourth-order valence-electron chi connectivity index (χ4n) is 1.87. The third-order valence-corrected chi connectivity index (χ3v) is 4.53. The number of nitrogens with one attached hydrogen (secondary N) is 1. The van der Waals surface area contributed by atoms with E-state index in [2.05, 4.69) is 19.8 Å². The van der Waals surface area contributed by atoms with Crippen LogP contribution < -0.4 is 4.72 Å². The van der Waals surface area contributed by atoms with Gasteiger partial charge in [0, 0.05) is 11.2 Å². The lowest BCUT2D eigenvalue weighted by Gasteiger charge is -2.04. The number of hydrogen-bond acceptors (Lipinski definition) is 5. The summed E-state index contributed by atoms with van der Waals surface area (Å²) in [5, 5.41) is 4.54. The molecule has 9 heteroatoms. The van der Waals surface area contributed by atoms with Crippen LogP contribution in [0.15, 0.2) is 59.9 Å². The highest BCUT2D eigenvalue weighted by molar-refractivity contribution is 7.92. The van der Waals surface area contributed by atoms with E-state index in [9.17, 15) is 8.42 Å². The van der Waals surface area contributed by atoms with Gasteiger partial charge in [0.25, 0.3) is 16.0 Å². The van der Waals surface area contributed by atoms with Gasteiger partial charge in [-0.25, -0.2) is 17.8 Å². The van der Waals surface area contributed by atoms with E-state index in [1.807, 2.05) is 18.2 Å². The summed E-state index contributed by atoms with van der Waals surface area (Å²) in [5.74, 6) is -0.00381. The average Bonchev–Trinajstić information content (AvgIpc) is 2.95. The van der Waals surface area contributed by atoms with E-state index in [0.717, 1.165) is 5.69 Å². The Morgan fingerprint density at radius 1 is 1.09 bits per heavy atom. The Bertz CT molecular complexity index is 894. The maximum absolute atomic E-state index is 12.2. The Kier molecular flexibility index (Phi) is 4.26. The van der Waals surface area contributed by atoms with E-state index in [1.165, 1.54) is 35.3 Å². The zero-order valence-corrected chi connectivity index (χ0v) is 13.4. The molecule has 3 aromatic rings. The minimum absolute atomic E-state index is 0.00381. The van der Waals surface area contributed by atoms with E-state index in [4.69, 9.17) is 11.6 Å². The van der Waals surface area contributed by atoms with Crippen molar-refractivity contribution in [2.24, 2.45) is 0 Å². The molecule has 1 aromatic carbocycles. The number of aromatic nitrogens is 4. The molecule has 2 heterocycles. The predicted octanol–water partition coefficient (Wildman–Crippen LogP) is 2.18. The van der Waals surface area contributed by atoms with Crippen molar-refractivity contribution in [3.8, 4) is 0 Å². The molecule has 3 rings (SSSR count). The van der Waals surface area contributed by atoms with Crippen LogP contribution in [0, 0.1) is 0 Å². The van der Waals surface area contributed by atoms with Gasteiger partial charge in [0.05, 0.1) is 17.1 Å². The first kappa shape index (κ1) is 15.4. The minimum Gasteiger partial charge on any atom is -0.259 e. The van der Waals surface area contributed by atoms with Crippen molar-refractivity contribution < 1.29 is 8.42 Å². The summed E-state index contributed by atoms with van der Waals surface area (Å²) in [4.78, 5) is 8.21. The number of halogens is 1. The summed E-state index contributed by atoms with van der Waals surface area (Å²) < 4.78 is 28.3. The molecule has 0 fully saturated rings. The standard InChI is InChI=1S/C14H12ClN5O2S/c15-11-4-6-13(7-5-11)23(21,22)19-14-17-10-20(18-14)9-12-3-1-2-8-16-12/h1-8,10H,9H2,(H,18,19). The van der Waals surface area contributed by atoms with Crippen LogP contribution in [-0.4, -0.2) is 28.2 Å². The number of benzene rings is 1. The third kappa shape index (κ3) is 3.85. The fraction of sp³-hybridized carbons (Fsp3) is 0.0714. The molecule has 0 aliphatic rings. The molecule has 0 saturated heterocycles. The lowest BCUT2D eigenvalue weighted by Crippen LogP contribution is -2.14. The normalized spacial score (nSPS) is 11.3. The molecule has 7 nitrogen and oxygen atoms in total. The number of hydrogen-bond donors (Lipinski definition) is 1. The number of rotatable bonds is 5. The van der Waals surface area contributed by atoms with Crippen LogP contribution in [0.1, 0.15) is 5.69 Å². The summed E-state index contributed by atoms with van der Waals surface area (Å²) in [5.41, 5.74) is 0.796. The molecule has 0 spiro atoms. The highest BCUT2D eigenvalue weighted by Gasteiger charge is 2.16. The van der Waals surface area contributed by atoms with Gasteiger partial charge < -0.3 is 0 Å². The predicted molar refractivity (Wildman–Crippen MR) is 85.6 cm³/mol. The molecule has 2 aromatic heterocycles. The van der Waals surface area contributed by atoms with Gasteiger partial charge in [-0.2, -0.15) is 4.98 Å². The molecule has 0 aliphatic carbocycles. The van der Waals surface area contributed by atoms with E-state index in [-0.39, 0.29) is 10.8 Å². The molecule has 0 unspecified atom stereocenters. The summed E-state index contributed by atoms with van der Waals surface area (Å²) >= 11 is 5.75. The Labute approximate surface area is 138 Å². The second kappa shape index (κ2) is 6.35. The van der Waals surface area contributed by atoms with Crippen LogP contribution in [0.4, 0.5) is 5.95 Å². The Morgan fingerprint density at radius 3 is 2.57 bits per heavy atom. The van der Waals surface area contributed by atoms with Crippen molar-refractivity contribution in [2.45, 2.75) is 11.4 Å². The highest BCUT2D eigenvalue weighted by atomic mass is 35.5. The first-order valence-corrected chi connectivity index (χ1v) is 8.47. The Hall–Kier alpha value is -2.45. The maximum atomic E-state index is 12.2. The van der Waals surface area contributed by atoms with Crippen molar-refractivity contribution >= 4 is 27.6 Å². The van der Waals surface area contributed by atoms with Crippen molar-refractivity contribution in [1.82, 2.24) is 19.7 Å².